The van der Waals surface area contributed by atoms with Gasteiger partial charge in [0.05, 0.1) is 13.2 Å². The van der Waals surface area contributed by atoms with Crippen molar-refractivity contribution in [1.29, 1.82) is 0 Å². The molecule has 2 rings (SSSR count). The van der Waals surface area contributed by atoms with Crippen LogP contribution in [0.15, 0.2) is 0 Å². The third-order valence-electron chi connectivity index (χ3n) is 4.54. The number of aliphatic hydroxyl groups is 8. The molecule has 2 unspecified atom stereocenters. The van der Waals surface area contributed by atoms with Crippen LogP contribution in [0, 0.1) is 0 Å². The highest BCUT2D eigenvalue weighted by atomic mass is 16.6. The Morgan fingerprint density at radius 2 is 0.967 bits per heavy atom. The zero-order chi connectivity index (χ0) is 23.2. The first-order valence-electron chi connectivity index (χ1n) is 9.09. The zero-order valence-corrected chi connectivity index (χ0v) is 16.4. The standard InChI is InChI=1S/2C8H15NO6/c2*1-3(11)9-5-7(13)6(12)4(2-10)15-8(5)14/h2*4-8,10,12-14H,2H2,1H3,(H,9,11)/t2*4-,5-,6+,7-,8?/m11/s1. The van der Waals surface area contributed by atoms with Gasteiger partial charge in [-0.25, -0.2) is 0 Å². The van der Waals surface area contributed by atoms with E-state index in [9.17, 15) is 40.2 Å². The lowest BCUT2D eigenvalue weighted by Gasteiger charge is -2.40. The van der Waals surface area contributed by atoms with Gasteiger partial charge in [0.1, 0.15) is 48.7 Å². The molecule has 0 bridgehead atoms. The average Bonchev–Trinajstić information content (AvgIpc) is 2.68. The van der Waals surface area contributed by atoms with E-state index in [1.165, 1.54) is 13.8 Å². The van der Waals surface area contributed by atoms with Gasteiger partial charge in [0, 0.05) is 13.8 Å². The summed E-state index contributed by atoms with van der Waals surface area (Å²) < 4.78 is 9.62. The van der Waals surface area contributed by atoms with Gasteiger partial charge in [-0.05, 0) is 0 Å². The molecule has 2 aliphatic heterocycles. The molecule has 14 nitrogen and oxygen atoms in total. The summed E-state index contributed by atoms with van der Waals surface area (Å²) in [6, 6.07) is -2.19. The Hall–Kier alpha value is -1.46. The fraction of sp³-hybridized carbons (Fsp3) is 0.875. The fourth-order valence-corrected chi connectivity index (χ4v) is 2.98. The van der Waals surface area contributed by atoms with Crippen LogP contribution in [0.1, 0.15) is 13.8 Å². The maximum Gasteiger partial charge on any atom is 0.217 e. The van der Waals surface area contributed by atoms with Crippen molar-refractivity contribution >= 4 is 11.8 Å². The van der Waals surface area contributed by atoms with Crippen LogP contribution in [-0.2, 0) is 19.1 Å². The van der Waals surface area contributed by atoms with Crippen molar-refractivity contribution in [3.05, 3.63) is 0 Å². The number of hydrogen-bond acceptors (Lipinski definition) is 12. The normalized spacial score (nSPS) is 41.3. The smallest absolute Gasteiger partial charge is 0.217 e. The molecular formula is C16H30N2O12. The third-order valence-corrected chi connectivity index (χ3v) is 4.54. The number of amides is 2. The van der Waals surface area contributed by atoms with E-state index in [2.05, 4.69) is 10.6 Å². The monoisotopic (exact) mass is 442 g/mol. The number of rotatable bonds is 4. The van der Waals surface area contributed by atoms with Crippen LogP contribution < -0.4 is 10.6 Å². The Kier molecular flexibility index (Phi) is 10.5. The molecule has 10 atom stereocenters. The minimum absolute atomic E-state index is 0.462. The van der Waals surface area contributed by atoms with Gasteiger partial charge in [0.2, 0.25) is 11.8 Å². The number of ether oxygens (including phenoxy) is 2. The predicted molar refractivity (Wildman–Crippen MR) is 95.2 cm³/mol. The maximum atomic E-state index is 10.7. The SMILES string of the molecule is CC(=O)N[C@H]1C(O)O[C@H](CO)[C@H](O)[C@@H]1O.CC(=O)N[C@H]1C(O)O[C@H](CO)[C@H](O)[C@@H]1O. The molecule has 2 heterocycles. The van der Waals surface area contributed by atoms with Crippen molar-refractivity contribution < 1.29 is 59.9 Å². The van der Waals surface area contributed by atoms with Crippen LogP contribution in [-0.4, -0.2) is 127 Å². The minimum Gasteiger partial charge on any atom is -0.394 e. The molecule has 14 heteroatoms. The predicted octanol–water partition coefficient (Wildman–Crippen LogP) is -6.16. The molecule has 10 N–H and O–H groups in total. The van der Waals surface area contributed by atoms with Crippen molar-refractivity contribution in [1.82, 2.24) is 10.6 Å². The highest BCUT2D eigenvalue weighted by molar-refractivity contribution is 5.73. The second-order valence-electron chi connectivity index (χ2n) is 6.91. The summed E-state index contributed by atoms with van der Waals surface area (Å²) in [7, 11) is 0. The maximum absolute atomic E-state index is 10.7. The molecule has 0 spiro atoms. The van der Waals surface area contributed by atoms with E-state index in [0.717, 1.165) is 0 Å². The second-order valence-corrected chi connectivity index (χ2v) is 6.91. The van der Waals surface area contributed by atoms with E-state index >= 15 is 0 Å². The van der Waals surface area contributed by atoms with Gasteiger partial charge in [-0.1, -0.05) is 0 Å². The van der Waals surface area contributed by atoms with Crippen LogP contribution in [0.5, 0.6) is 0 Å². The summed E-state index contributed by atoms with van der Waals surface area (Å²) in [6.07, 6.45) is -10.5. The number of aliphatic hydroxyl groups excluding tert-OH is 8. The van der Waals surface area contributed by atoms with E-state index < -0.39 is 86.3 Å². The molecule has 2 saturated heterocycles. The molecule has 2 fully saturated rings. The van der Waals surface area contributed by atoms with Gasteiger partial charge in [-0.3, -0.25) is 9.59 Å². The summed E-state index contributed by atoms with van der Waals surface area (Å²) in [6.45, 7) is 1.37. The molecule has 0 aliphatic carbocycles. The molecule has 30 heavy (non-hydrogen) atoms. The van der Waals surface area contributed by atoms with Gasteiger partial charge < -0.3 is 61.0 Å². The molecule has 0 radical (unpaired) electrons. The van der Waals surface area contributed by atoms with E-state index in [0.29, 0.717) is 0 Å². The molecule has 2 amide bonds. The van der Waals surface area contributed by atoms with Gasteiger partial charge in [0.25, 0.3) is 0 Å². The Morgan fingerprint density at radius 3 is 1.20 bits per heavy atom. The highest BCUT2D eigenvalue weighted by Gasteiger charge is 2.44. The topological polar surface area (TPSA) is 238 Å². The number of carbonyl (C=O) groups excluding carboxylic acids is 2. The molecular weight excluding hydrogens is 412 g/mol. The van der Waals surface area contributed by atoms with Crippen LogP contribution >= 0.6 is 0 Å². The fourth-order valence-electron chi connectivity index (χ4n) is 2.98. The number of hydrogen-bond donors (Lipinski definition) is 10. The van der Waals surface area contributed by atoms with Crippen molar-refractivity contribution in [3.63, 3.8) is 0 Å². The van der Waals surface area contributed by atoms with Gasteiger partial charge in [-0.2, -0.15) is 0 Å². The molecule has 0 aromatic rings. The molecule has 0 aromatic heterocycles. The quantitative estimate of drug-likeness (QED) is 0.196. The lowest BCUT2D eigenvalue weighted by molar-refractivity contribution is -0.253. The lowest BCUT2D eigenvalue weighted by atomic mass is 9.97. The zero-order valence-electron chi connectivity index (χ0n) is 16.4. The van der Waals surface area contributed by atoms with Crippen molar-refractivity contribution in [2.45, 2.75) is 75.1 Å². The Labute approximate surface area is 171 Å². The number of nitrogens with one attached hydrogen (secondary N) is 2. The minimum atomic E-state index is -1.45. The highest BCUT2D eigenvalue weighted by Crippen LogP contribution is 2.20. The molecule has 0 aromatic carbocycles. The van der Waals surface area contributed by atoms with Gasteiger partial charge >= 0.3 is 0 Å². The Balaban J connectivity index is 0.000000300. The lowest BCUT2D eigenvalue weighted by Crippen LogP contribution is -2.63. The number of carbonyl (C=O) groups is 2. The first-order valence-corrected chi connectivity index (χ1v) is 9.09. The summed E-state index contributed by atoms with van der Waals surface area (Å²) in [5.74, 6) is -0.923. The third kappa shape index (κ3) is 6.78. The van der Waals surface area contributed by atoms with Gasteiger partial charge in [0.15, 0.2) is 12.6 Å². The van der Waals surface area contributed by atoms with Crippen LogP contribution in [0.3, 0.4) is 0 Å². The van der Waals surface area contributed by atoms with Crippen molar-refractivity contribution in [2.24, 2.45) is 0 Å². The summed E-state index contributed by atoms with van der Waals surface area (Å²) in [5, 5.41) is 78.8. The first-order chi connectivity index (χ1) is 13.9. The van der Waals surface area contributed by atoms with E-state index in [-0.39, 0.29) is 0 Å². The summed E-state index contributed by atoms with van der Waals surface area (Å²) >= 11 is 0. The molecule has 176 valence electrons. The van der Waals surface area contributed by atoms with Gasteiger partial charge in [-0.15, -0.1) is 0 Å². The van der Waals surface area contributed by atoms with E-state index in [1.807, 2.05) is 0 Å². The average molecular weight is 442 g/mol. The largest absolute Gasteiger partial charge is 0.394 e. The Bertz CT molecular complexity index is 518. The first kappa shape index (κ1) is 26.6. The molecule has 2 aliphatic rings. The molecule has 0 saturated carbocycles. The summed E-state index contributed by atoms with van der Waals surface area (Å²) in [4.78, 5) is 21.5. The Morgan fingerprint density at radius 1 is 0.667 bits per heavy atom. The van der Waals surface area contributed by atoms with Crippen LogP contribution in [0.4, 0.5) is 0 Å². The van der Waals surface area contributed by atoms with E-state index in [4.69, 9.17) is 19.7 Å². The van der Waals surface area contributed by atoms with Crippen LogP contribution in [0.25, 0.3) is 0 Å². The van der Waals surface area contributed by atoms with E-state index in [1.54, 1.807) is 0 Å². The van der Waals surface area contributed by atoms with Crippen LogP contribution in [0.2, 0.25) is 0 Å². The second kappa shape index (κ2) is 11.8. The summed E-state index contributed by atoms with van der Waals surface area (Å²) in [5.41, 5.74) is 0. The van der Waals surface area contributed by atoms with Crippen molar-refractivity contribution in [3.8, 4) is 0 Å². The van der Waals surface area contributed by atoms with Crippen molar-refractivity contribution in [2.75, 3.05) is 13.2 Å².